The van der Waals surface area contributed by atoms with Crippen LogP contribution in [0.1, 0.15) is 12.8 Å². The number of likely N-dealkylation sites (tertiary alicyclic amines) is 1. The Balaban J connectivity index is 1.98. The van der Waals surface area contributed by atoms with E-state index in [1.807, 2.05) is 0 Å². The lowest BCUT2D eigenvalue weighted by Crippen LogP contribution is -2.37. The number of aliphatic hydroxyl groups is 1. The molecule has 0 saturated carbocycles. The summed E-state index contributed by atoms with van der Waals surface area (Å²) in [6, 6.07) is 0.217. The highest BCUT2D eigenvalue weighted by Crippen LogP contribution is 2.19. The van der Waals surface area contributed by atoms with E-state index in [0.29, 0.717) is 13.2 Å². The van der Waals surface area contributed by atoms with Crippen molar-refractivity contribution in [2.24, 2.45) is 0 Å². The van der Waals surface area contributed by atoms with Crippen molar-refractivity contribution in [2.75, 3.05) is 19.8 Å². The minimum atomic E-state index is -0.460. The molecule has 0 bridgehead atoms. The second-order valence-corrected chi connectivity index (χ2v) is 3.42. The van der Waals surface area contributed by atoms with Crippen LogP contribution in [0.15, 0.2) is 0 Å². The Morgan fingerprint density at radius 3 is 2.92 bits per heavy atom. The van der Waals surface area contributed by atoms with E-state index in [2.05, 4.69) is 0 Å². The predicted octanol–water partition coefficient (Wildman–Crippen LogP) is -0.631. The van der Waals surface area contributed by atoms with Gasteiger partial charge in [0.25, 0.3) is 0 Å². The van der Waals surface area contributed by atoms with Gasteiger partial charge in [0, 0.05) is 13.2 Å². The van der Waals surface area contributed by atoms with Crippen LogP contribution in [0, 0.1) is 0 Å². The van der Waals surface area contributed by atoms with Crippen molar-refractivity contribution >= 4 is 5.91 Å². The number of aliphatic hydroxyl groups excluding tert-OH is 1. The molecule has 2 aliphatic rings. The number of rotatable bonds is 1. The first-order valence-corrected chi connectivity index (χ1v) is 4.32. The predicted molar refractivity (Wildman–Crippen MR) is 41.6 cm³/mol. The van der Waals surface area contributed by atoms with Crippen LogP contribution in [0.2, 0.25) is 0 Å². The summed E-state index contributed by atoms with van der Waals surface area (Å²) in [7, 11) is 0. The molecule has 2 fully saturated rings. The summed E-state index contributed by atoms with van der Waals surface area (Å²) >= 11 is 0. The molecule has 2 aliphatic heterocycles. The van der Waals surface area contributed by atoms with Crippen LogP contribution in [0.4, 0.5) is 0 Å². The highest BCUT2D eigenvalue weighted by molar-refractivity contribution is 5.79. The van der Waals surface area contributed by atoms with E-state index >= 15 is 0 Å². The Morgan fingerprint density at radius 1 is 1.58 bits per heavy atom. The Kier molecular flexibility index (Phi) is 2.02. The number of carbonyl (C=O) groups is 1. The standard InChI is InChI=1S/C8H13NO3/c10-7-3-8(11)9(4-7)6-1-2-12-5-6/h6-7,10H,1-5H2/t6-,7?/m1/s1. The van der Waals surface area contributed by atoms with Crippen LogP contribution in [0.3, 0.4) is 0 Å². The van der Waals surface area contributed by atoms with Crippen LogP contribution >= 0.6 is 0 Å². The average molecular weight is 171 g/mol. The van der Waals surface area contributed by atoms with Gasteiger partial charge < -0.3 is 14.7 Å². The first kappa shape index (κ1) is 8.01. The Bertz CT molecular complexity index is 189. The second-order valence-electron chi connectivity index (χ2n) is 3.42. The van der Waals surface area contributed by atoms with Gasteiger partial charge in [-0.15, -0.1) is 0 Å². The van der Waals surface area contributed by atoms with E-state index in [1.54, 1.807) is 4.90 Å². The summed E-state index contributed by atoms with van der Waals surface area (Å²) in [6.07, 6.45) is 0.743. The topological polar surface area (TPSA) is 49.8 Å². The lowest BCUT2D eigenvalue weighted by Gasteiger charge is -2.21. The van der Waals surface area contributed by atoms with Crippen LogP contribution in [-0.2, 0) is 9.53 Å². The highest BCUT2D eigenvalue weighted by Gasteiger charge is 2.34. The Morgan fingerprint density at radius 2 is 2.42 bits per heavy atom. The third-order valence-electron chi connectivity index (χ3n) is 2.48. The molecule has 4 heteroatoms. The lowest BCUT2D eigenvalue weighted by atomic mass is 10.2. The molecular weight excluding hydrogens is 158 g/mol. The van der Waals surface area contributed by atoms with Gasteiger partial charge in [-0.25, -0.2) is 0 Å². The molecule has 2 heterocycles. The largest absolute Gasteiger partial charge is 0.391 e. The molecular formula is C8H13NO3. The summed E-state index contributed by atoms with van der Waals surface area (Å²) < 4.78 is 5.18. The van der Waals surface area contributed by atoms with Crippen LogP contribution in [-0.4, -0.2) is 47.8 Å². The zero-order valence-electron chi connectivity index (χ0n) is 6.90. The summed E-state index contributed by atoms with van der Waals surface area (Å²) in [5.74, 6) is 0.0676. The van der Waals surface area contributed by atoms with Crippen molar-refractivity contribution in [3.05, 3.63) is 0 Å². The van der Waals surface area contributed by atoms with E-state index in [1.165, 1.54) is 0 Å². The van der Waals surface area contributed by atoms with Gasteiger partial charge in [0.15, 0.2) is 0 Å². The molecule has 0 spiro atoms. The minimum Gasteiger partial charge on any atom is -0.391 e. The fourth-order valence-electron chi connectivity index (χ4n) is 1.83. The van der Waals surface area contributed by atoms with E-state index < -0.39 is 6.10 Å². The fraction of sp³-hybridized carbons (Fsp3) is 0.875. The maximum Gasteiger partial charge on any atom is 0.225 e. The van der Waals surface area contributed by atoms with Crippen LogP contribution < -0.4 is 0 Å². The second kappa shape index (κ2) is 3.03. The monoisotopic (exact) mass is 171 g/mol. The Hall–Kier alpha value is -0.610. The van der Waals surface area contributed by atoms with Gasteiger partial charge in [-0.2, -0.15) is 0 Å². The molecule has 1 amide bonds. The lowest BCUT2D eigenvalue weighted by molar-refractivity contribution is -0.129. The molecule has 2 saturated heterocycles. The van der Waals surface area contributed by atoms with Gasteiger partial charge in [0.1, 0.15) is 0 Å². The van der Waals surface area contributed by atoms with Crippen molar-refractivity contribution < 1.29 is 14.6 Å². The van der Waals surface area contributed by atoms with Crippen molar-refractivity contribution in [1.29, 1.82) is 0 Å². The first-order valence-electron chi connectivity index (χ1n) is 4.32. The van der Waals surface area contributed by atoms with Gasteiger partial charge in [0.2, 0.25) is 5.91 Å². The SMILES string of the molecule is O=C1CC(O)CN1[C@@H]1CCOC1. The molecule has 12 heavy (non-hydrogen) atoms. The van der Waals surface area contributed by atoms with Gasteiger partial charge >= 0.3 is 0 Å². The number of amides is 1. The van der Waals surface area contributed by atoms with Gasteiger partial charge in [-0.05, 0) is 6.42 Å². The smallest absolute Gasteiger partial charge is 0.225 e. The summed E-state index contributed by atoms with van der Waals surface area (Å²) in [6.45, 7) is 1.87. The summed E-state index contributed by atoms with van der Waals surface area (Å²) in [5.41, 5.74) is 0. The molecule has 0 aromatic rings. The number of ether oxygens (including phenoxy) is 1. The molecule has 2 rings (SSSR count). The van der Waals surface area contributed by atoms with Gasteiger partial charge in [-0.3, -0.25) is 4.79 Å². The molecule has 0 aliphatic carbocycles. The molecule has 68 valence electrons. The average Bonchev–Trinajstić information content (AvgIpc) is 2.58. The van der Waals surface area contributed by atoms with E-state index in [0.717, 1.165) is 13.0 Å². The van der Waals surface area contributed by atoms with Gasteiger partial charge in [0.05, 0.1) is 25.2 Å². The van der Waals surface area contributed by atoms with Gasteiger partial charge in [-0.1, -0.05) is 0 Å². The molecule has 4 nitrogen and oxygen atoms in total. The fourth-order valence-corrected chi connectivity index (χ4v) is 1.83. The zero-order chi connectivity index (χ0) is 8.55. The quantitative estimate of drug-likeness (QED) is 0.571. The number of carbonyl (C=O) groups excluding carboxylic acids is 1. The van der Waals surface area contributed by atoms with Crippen molar-refractivity contribution in [2.45, 2.75) is 25.0 Å². The van der Waals surface area contributed by atoms with E-state index in [-0.39, 0.29) is 18.4 Å². The normalized spacial score (nSPS) is 36.4. The van der Waals surface area contributed by atoms with Crippen molar-refractivity contribution in [3.63, 3.8) is 0 Å². The number of hydrogen-bond donors (Lipinski definition) is 1. The zero-order valence-corrected chi connectivity index (χ0v) is 6.90. The van der Waals surface area contributed by atoms with E-state index in [9.17, 15) is 9.90 Å². The third kappa shape index (κ3) is 1.32. The Labute approximate surface area is 71.1 Å². The maximum atomic E-state index is 11.3. The molecule has 1 unspecified atom stereocenters. The molecule has 0 aromatic heterocycles. The summed E-state index contributed by atoms with van der Waals surface area (Å²) in [4.78, 5) is 13.0. The number of hydrogen-bond acceptors (Lipinski definition) is 3. The molecule has 2 atom stereocenters. The molecule has 0 radical (unpaired) electrons. The summed E-state index contributed by atoms with van der Waals surface area (Å²) in [5, 5.41) is 9.23. The van der Waals surface area contributed by atoms with Crippen molar-refractivity contribution in [3.8, 4) is 0 Å². The molecule has 0 aromatic carbocycles. The number of β-amino-alcohol motifs (C(OH)–C–C–N with tert-alkyl or cyclic N) is 1. The molecule has 1 N–H and O–H groups in total. The first-order chi connectivity index (χ1) is 5.77. The van der Waals surface area contributed by atoms with E-state index in [4.69, 9.17) is 4.74 Å². The maximum absolute atomic E-state index is 11.3. The van der Waals surface area contributed by atoms with Crippen LogP contribution in [0.25, 0.3) is 0 Å². The van der Waals surface area contributed by atoms with Crippen molar-refractivity contribution in [1.82, 2.24) is 4.90 Å². The minimum absolute atomic E-state index is 0.0676. The highest BCUT2D eigenvalue weighted by atomic mass is 16.5. The third-order valence-corrected chi connectivity index (χ3v) is 2.48. The van der Waals surface area contributed by atoms with Crippen LogP contribution in [0.5, 0.6) is 0 Å². The number of nitrogens with zero attached hydrogens (tertiary/aromatic N) is 1.